The Labute approximate surface area is 119 Å². The summed E-state index contributed by atoms with van der Waals surface area (Å²) in [5.41, 5.74) is 3.46. The summed E-state index contributed by atoms with van der Waals surface area (Å²) in [6, 6.07) is 6.19. The van der Waals surface area contributed by atoms with Crippen LogP contribution in [0.1, 0.15) is 29.7 Å². The van der Waals surface area contributed by atoms with Crippen LogP contribution in [0.4, 0.5) is 0 Å². The summed E-state index contributed by atoms with van der Waals surface area (Å²) in [7, 11) is 2.95. The van der Waals surface area contributed by atoms with Crippen LogP contribution in [0.5, 0.6) is 0 Å². The summed E-state index contributed by atoms with van der Waals surface area (Å²) in [6.07, 6.45) is 4.90. The average molecular weight is 270 g/mol. The maximum atomic E-state index is 11.2. The molecule has 1 aromatic carbocycles. The van der Waals surface area contributed by atoms with Crippen LogP contribution in [0.2, 0.25) is 0 Å². The molecule has 1 radical (unpaired) electrons. The lowest BCUT2D eigenvalue weighted by atomic mass is 9.82. The van der Waals surface area contributed by atoms with Crippen molar-refractivity contribution in [1.29, 1.82) is 0 Å². The molecule has 0 bridgehead atoms. The molecule has 0 N–H and O–H groups in total. The predicted molar refractivity (Wildman–Crippen MR) is 78.8 cm³/mol. The Hall–Kier alpha value is -1.88. The van der Waals surface area contributed by atoms with Crippen LogP contribution in [0.15, 0.2) is 24.3 Å². The summed E-state index contributed by atoms with van der Waals surface area (Å²) in [5.74, 6) is -0.359. The number of carbonyl (C=O) groups is 2. The number of benzene rings is 1. The van der Waals surface area contributed by atoms with Crippen molar-refractivity contribution in [2.24, 2.45) is 0 Å². The zero-order valence-corrected chi connectivity index (χ0v) is 11.7. The molecule has 20 heavy (non-hydrogen) atoms. The summed E-state index contributed by atoms with van der Waals surface area (Å²) in [5, 5.41) is 0. The first kappa shape index (κ1) is 14.5. The Bertz CT molecular complexity index is 542. The fraction of sp³-hybridized carbons (Fsp3) is 0.333. The second-order valence-electron chi connectivity index (χ2n) is 4.72. The van der Waals surface area contributed by atoms with E-state index in [0.29, 0.717) is 0 Å². The van der Waals surface area contributed by atoms with Crippen LogP contribution in [-0.4, -0.2) is 38.0 Å². The van der Waals surface area contributed by atoms with E-state index in [2.05, 4.69) is 17.7 Å². The number of esters is 1. The number of nitrogens with zero attached hydrogens (tertiary/aromatic N) is 1. The van der Waals surface area contributed by atoms with Crippen LogP contribution in [0, 0.1) is 0 Å². The molecular formula is C15H17BNO3. The molecule has 0 spiro atoms. The van der Waals surface area contributed by atoms with E-state index in [0.717, 1.165) is 24.7 Å². The third-order valence-electron chi connectivity index (χ3n) is 3.67. The van der Waals surface area contributed by atoms with Crippen molar-refractivity contribution in [3.05, 3.63) is 41.0 Å². The van der Waals surface area contributed by atoms with Crippen molar-refractivity contribution in [2.45, 2.75) is 19.4 Å². The Morgan fingerprint density at radius 2 is 2.30 bits per heavy atom. The standard InChI is InChI=1S/C15H17BNO3/c1-11-13-5-3-4-12(6-7-15(19)20-2)14(13)8-9-17(11)16-10-18/h3-7,10-11H,8-9H2,1-2H3/b7-6+/t11-/m0/s1. The molecule has 1 aromatic rings. The number of carbonyl (C=O) groups excluding carboxylic acids is 2. The zero-order chi connectivity index (χ0) is 14.5. The Morgan fingerprint density at radius 1 is 1.50 bits per heavy atom. The van der Waals surface area contributed by atoms with Gasteiger partial charge in [-0.2, -0.15) is 0 Å². The van der Waals surface area contributed by atoms with Gasteiger partial charge in [-0.15, -0.1) is 0 Å². The van der Waals surface area contributed by atoms with E-state index in [1.165, 1.54) is 24.3 Å². The number of hydrogen-bond donors (Lipinski definition) is 0. The minimum absolute atomic E-state index is 0.162. The molecule has 1 aliphatic heterocycles. The first-order valence-electron chi connectivity index (χ1n) is 6.59. The Morgan fingerprint density at radius 3 is 3.00 bits per heavy atom. The van der Waals surface area contributed by atoms with Gasteiger partial charge in [0.05, 0.1) is 13.3 Å². The zero-order valence-electron chi connectivity index (χ0n) is 11.7. The van der Waals surface area contributed by atoms with Gasteiger partial charge in [-0.1, -0.05) is 18.2 Å². The van der Waals surface area contributed by atoms with E-state index in [4.69, 9.17) is 0 Å². The van der Waals surface area contributed by atoms with Gasteiger partial charge in [0.1, 0.15) is 0 Å². The number of ether oxygens (including phenoxy) is 1. The molecule has 1 heterocycles. The van der Waals surface area contributed by atoms with Gasteiger partial charge in [0.2, 0.25) is 0 Å². The molecule has 0 aromatic heterocycles. The maximum absolute atomic E-state index is 11.2. The normalized spacial score (nSPS) is 18.6. The van der Waals surface area contributed by atoms with E-state index in [1.54, 1.807) is 13.5 Å². The molecule has 0 unspecified atom stereocenters. The van der Waals surface area contributed by atoms with Gasteiger partial charge in [0.15, 0.2) is 0 Å². The van der Waals surface area contributed by atoms with E-state index >= 15 is 0 Å². The Kier molecular flexibility index (Phi) is 4.74. The quantitative estimate of drug-likeness (QED) is 0.361. The van der Waals surface area contributed by atoms with Crippen molar-refractivity contribution in [3.8, 4) is 0 Å². The van der Waals surface area contributed by atoms with Crippen LogP contribution in [-0.2, 0) is 20.7 Å². The molecule has 2 rings (SSSR count). The number of fused-ring (bicyclic) bond motifs is 1. The predicted octanol–water partition coefficient (Wildman–Crippen LogP) is 1.60. The molecule has 0 aliphatic carbocycles. The lowest BCUT2D eigenvalue weighted by Gasteiger charge is -2.34. The average Bonchev–Trinajstić information content (AvgIpc) is 2.48. The second-order valence-corrected chi connectivity index (χ2v) is 4.72. The largest absolute Gasteiger partial charge is 0.466 e. The summed E-state index contributed by atoms with van der Waals surface area (Å²) < 4.78 is 4.61. The van der Waals surface area contributed by atoms with Crippen LogP contribution >= 0.6 is 0 Å². The highest BCUT2D eigenvalue weighted by Gasteiger charge is 2.24. The number of hydrogen-bond acceptors (Lipinski definition) is 4. The van der Waals surface area contributed by atoms with E-state index in [-0.39, 0.29) is 12.0 Å². The highest BCUT2D eigenvalue weighted by atomic mass is 16.5. The number of rotatable bonds is 4. The second kappa shape index (κ2) is 6.52. The molecule has 4 nitrogen and oxygen atoms in total. The molecule has 1 atom stereocenters. The molecule has 103 valence electrons. The summed E-state index contributed by atoms with van der Waals surface area (Å²) in [6.45, 7) is 2.88. The molecular weight excluding hydrogens is 253 g/mol. The first-order valence-corrected chi connectivity index (χ1v) is 6.59. The van der Waals surface area contributed by atoms with E-state index in [9.17, 15) is 9.59 Å². The SMILES string of the molecule is COC(=O)/C=C/c1cccc2c1CCN([B]C=O)[C@H]2C. The topological polar surface area (TPSA) is 46.6 Å². The summed E-state index contributed by atoms with van der Waals surface area (Å²) >= 11 is 0. The van der Waals surface area contributed by atoms with Crippen LogP contribution in [0.3, 0.4) is 0 Å². The highest BCUT2D eigenvalue weighted by Crippen LogP contribution is 2.31. The first-order chi connectivity index (χ1) is 9.67. The minimum Gasteiger partial charge on any atom is -0.466 e. The van der Waals surface area contributed by atoms with Gasteiger partial charge in [0.25, 0.3) is 7.41 Å². The maximum Gasteiger partial charge on any atom is 0.330 e. The minimum atomic E-state index is -0.359. The molecule has 5 heteroatoms. The van der Waals surface area contributed by atoms with Gasteiger partial charge in [-0.25, -0.2) is 4.79 Å². The third kappa shape index (κ3) is 2.99. The van der Waals surface area contributed by atoms with Gasteiger partial charge in [-0.3, -0.25) is 0 Å². The molecule has 1 aliphatic rings. The van der Waals surface area contributed by atoms with Gasteiger partial charge >= 0.3 is 5.97 Å². The third-order valence-corrected chi connectivity index (χ3v) is 3.67. The number of methoxy groups -OCH3 is 1. The highest BCUT2D eigenvalue weighted by molar-refractivity contribution is 6.64. The molecule has 0 saturated carbocycles. The fourth-order valence-corrected chi connectivity index (χ4v) is 2.58. The van der Waals surface area contributed by atoms with E-state index < -0.39 is 0 Å². The monoisotopic (exact) mass is 270 g/mol. The molecule has 0 saturated heterocycles. The lowest BCUT2D eigenvalue weighted by molar-refractivity contribution is -0.134. The van der Waals surface area contributed by atoms with Gasteiger partial charge < -0.3 is 14.3 Å². The summed E-state index contributed by atoms with van der Waals surface area (Å²) in [4.78, 5) is 23.9. The van der Waals surface area contributed by atoms with Crippen molar-refractivity contribution >= 4 is 25.6 Å². The van der Waals surface area contributed by atoms with Crippen LogP contribution in [0.25, 0.3) is 6.08 Å². The lowest BCUT2D eigenvalue weighted by Crippen LogP contribution is -2.37. The fourth-order valence-electron chi connectivity index (χ4n) is 2.58. The van der Waals surface area contributed by atoms with Gasteiger partial charge in [-0.05, 0) is 42.7 Å². The Balaban J connectivity index is 2.29. The van der Waals surface area contributed by atoms with Crippen molar-refractivity contribution in [3.63, 3.8) is 0 Å². The van der Waals surface area contributed by atoms with Crippen molar-refractivity contribution < 1.29 is 14.3 Å². The van der Waals surface area contributed by atoms with Crippen molar-refractivity contribution in [1.82, 2.24) is 4.81 Å². The molecule has 0 amide bonds. The van der Waals surface area contributed by atoms with Crippen LogP contribution < -0.4 is 0 Å². The molecule has 0 fully saturated rings. The van der Waals surface area contributed by atoms with E-state index in [1.807, 2.05) is 16.9 Å². The van der Waals surface area contributed by atoms with Gasteiger partial charge in [0, 0.05) is 12.1 Å². The smallest absolute Gasteiger partial charge is 0.330 e. The van der Waals surface area contributed by atoms with Crippen molar-refractivity contribution in [2.75, 3.05) is 13.7 Å².